The highest BCUT2D eigenvalue weighted by Crippen LogP contribution is 2.37. The lowest BCUT2D eigenvalue weighted by Crippen LogP contribution is -2.31. The lowest BCUT2D eigenvalue weighted by atomic mass is 9.76. The second-order valence-corrected chi connectivity index (χ2v) is 6.68. The highest BCUT2D eigenvalue weighted by Gasteiger charge is 2.35. The Morgan fingerprint density at radius 1 is 1.29 bits per heavy atom. The van der Waals surface area contributed by atoms with Gasteiger partial charge >= 0.3 is 5.97 Å². The fourth-order valence-electron chi connectivity index (χ4n) is 3.06. The Bertz CT molecular complexity index is 506. The number of carbonyl (C=O) groups is 1. The summed E-state index contributed by atoms with van der Waals surface area (Å²) in [6, 6.07) is 6.82. The van der Waals surface area contributed by atoms with Gasteiger partial charge in [0, 0.05) is 0 Å². The topological polar surface area (TPSA) is 26.3 Å². The summed E-state index contributed by atoms with van der Waals surface area (Å²) in [5.41, 5.74) is 3.96. The number of esters is 1. The Morgan fingerprint density at radius 2 is 2.00 bits per heavy atom. The van der Waals surface area contributed by atoms with E-state index in [4.69, 9.17) is 4.74 Å². The van der Waals surface area contributed by atoms with Gasteiger partial charge in [-0.3, -0.25) is 4.79 Å². The van der Waals surface area contributed by atoms with E-state index in [0.29, 0.717) is 12.5 Å². The van der Waals surface area contributed by atoms with Crippen LogP contribution in [0.2, 0.25) is 0 Å². The van der Waals surface area contributed by atoms with E-state index in [2.05, 4.69) is 32.0 Å². The Morgan fingerprint density at radius 3 is 2.52 bits per heavy atom. The second kappa shape index (κ2) is 6.64. The van der Waals surface area contributed by atoms with Crippen molar-refractivity contribution in [1.29, 1.82) is 0 Å². The highest BCUT2D eigenvalue weighted by atomic mass is 16.5. The lowest BCUT2D eigenvalue weighted by Gasteiger charge is -2.30. The van der Waals surface area contributed by atoms with E-state index in [1.165, 1.54) is 29.5 Å². The summed E-state index contributed by atoms with van der Waals surface area (Å²) in [6.45, 7) is 8.91. The van der Waals surface area contributed by atoms with Crippen molar-refractivity contribution in [2.45, 2.75) is 65.7 Å². The quantitative estimate of drug-likeness (QED) is 0.683. The maximum atomic E-state index is 12.3. The van der Waals surface area contributed by atoms with Crippen LogP contribution in [0, 0.1) is 5.41 Å². The molecule has 0 aliphatic heterocycles. The average molecular weight is 288 g/mol. The van der Waals surface area contributed by atoms with Crippen molar-refractivity contribution in [2.24, 2.45) is 5.41 Å². The third-order valence-corrected chi connectivity index (χ3v) is 4.93. The van der Waals surface area contributed by atoms with Gasteiger partial charge < -0.3 is 4.74 Å². The largest absolute Gasteiger partial charge is 0.465 e. The van der Waals surface area contributed by atoms with Crippen LogP contribution in [0.3, 0.4) is 0 Å². The Balaban J connectivity index is 2.05. The molecule has 116 valence electrons. The number of fused-ring (bicyclic) bond motifs is 1. The van der Waals surface area contributed by atoms with Crippen molar-refractivity contribution < 1.29 is 9.53 Å². The van der Waals surface area contributed by atoms with E-state index in [0.717, 1.165) is 19.3 Å². The lowest BCUT2D eigenvalue weighted by molar-refractivity contribution is -0.155. The Hall–Kier alpha value is -1.31. The van der Waals surface area contributed by atoms with E-state index in [9.17, 15) is 4.79 Å². The summed E-state index contributed by atoms with van der Waals surface area (Å²) < 4.78 is 5.40. The molecule has 1 aliphatic carbocycles. The fraction of sp³-hybridized carbons (Fsp3) is 0.632. The standard InChI is InChI=1S/C19H28O2/c1-5-11-21-18(20)19(4,6-2)13-14(3)16-9-7-15-8-10-17(15)12-16/h7,9,12,14H,5-6,8,10-11,13H2,1-4H3. The molecule has 0 heterocycles. The highest BCUT2D eigenvalue weighted by molar-refractivity contribution is 5.76. The van der Waals surface area contributed by atoms with Gasteiger partial charge in [-0.15, -0.1) is 0 Å². The first-order valence-corrected chi connectivity index (χ1v) is 8.29. The Kier molecular flexibility index (Phi) is 5.08. The van der Waals surface area contributed by atoms with E-state index >= 15 is 0 Å². The zero-order valence-electron chi connectivity index (χ0n) is 13.9. The zero-order chi connectivity index (χ0) is 15.5. The molecule has 2 atom stereocenters. The van der Waals surface area contributed by atoms with Gasteiger partial charge in [0.15, 0.2) is 0 Å². The number of hydrogen-bond acceptors (Lipinski definition) is 2. The zero-order valence-corrected chi connectivity index (χ0v) is 13.9. The molecule has 1 aliphatic rings. The van der Waals surface area contributed by atoms with Crippen molar-refractivity contribution >= 4 is 5.97 Å². The van der Waals surface area contributed by atoms with Gasteiger partial charge in [-0.05, 0) is 61.6 Å². The van der Waals surface area contributed by atoms with Gasteiger partial charge in [-0.2, -0.15) is 0 Å². The van der Waals surface area contributed by atoms with Gasteiger partial charge in [0.1, 0.15) is 0 Å². The maximum absolute atomic E-state index is 12.3. The summed E-state index contributed by atoms with van der Waals surface area (Å²) >= 11 is 0. The normalized spacial score (nSPS) is 17.3. The first-order chi connectivity index (χ1) is 10.00. The smallest absolute Gasteiger partial charge is 0.311 e. The van der Waals surface area contributed by atoms with Crippen LogP contribution < -0.4 is 0 Å². The molecule has 2 rings (SSSR count). The van der Waals surface area contributed by atoms with Crippen molar-refractivity contribution in [3.63, 3.8) is 0 Å². The molecule has 2 heteroatoms. The molecular formula is C19H28O2. The molecule has 0 amide bonds. The number of aryl methyl sites for hydroxylation is 2. The van der Waals surface area contributed by atoms with Gasteiger partial charge in [-0.25, -0.2) is 0 Å². The van der Waals surface area contributed by atoms with Gasteiger partial charge in [0.2, 0.25) is 0 Å². The van der Waals surface area contributed by atoms with Gasteiger partial charge in [0.25, 0.3) is 0 Å². The molecule has 0 N–H and O–H groups in total. The first-order valence-electron chi connectivity index (χ1n) is 8.29. The summed E-state index contributed by atoms with van der Waals surface area (Å²) in [6.07, 6.45) is 4.99. The van der Waals surface area contributed by atoms with Crippen LogP contribution in [0.25, 0.3) is 0 Å². The summed E-state index contributed by atoms with van der Waals surface area (Å²) in [4.78, 5) is 12.3. The number of hydrogen-bond donors (Lipinski definition) is 0. The molecule has 21 heavy (non-hydrogen) atoms. The third kappa shape index (κ3) is 3.48. The second-order valence-electron chi connectivity index (χ2n) is 6.68. The predicted octanol–water partition coefficient (Wildman–Crippen LogP) is 4.65. The van der Waals surface area contributed by atoms with Crippen LogP contribution >= 0.6 is 0 Å². The van der Waals surface area contributed by atoms with Crippen molar-refractivity contribution in [3.8, 4) is 0 Å². The van der Waals surface area contributed by atoms with Crippen LogP contribution in [0.4, 0.5) is 0 Å². The molecular weight excluding hydrogens is 260 g/mol. The fourth-order valence-corrected chi connectivity index (χ4v) is 3.06. The Labute approximate surface area is 128 Å². The van der Waals surface area contributed by atoms with Crippen LogP contribution in [0.1, 0.15) is 69.6 Å². The molecule has 0 aromatic heterocycles. The van der Waals surface area contributed by atoms with E-state index in [1.807, 2.05) is 13.8 Å². The maximum Gasteiger partial charge on any atom is 0.311 e. The molecule has 0 spiro atoms. The monoisotopic (exact) mass is 288 g/mol. The van der Waals surface area contributed by atoms with Crippen molar-refractivity contribution in [2.75, 3.05) is 6.61 Å². The van der Waals surface area contributed by atoms with Gasteiger partial charge in [-0.1, -0.05) is 39.0 Å². The third-order valence-electron chi connectivity index (χ3n) is 4.93. The molecule has 0 bridgehead atoms. The molecule has 1 aromatic rings. The number of carbonyl (C=O) groups excluding carboxylic acids is 1. The molecule has 0 radical (unpaired) electrons. The summed E-state index contributed by atoms with van der Waals surface area (Å²) in [5.74, 6) is 0.345. The molecule has 0 saturated heterocycles. The molecule has 0 saturated carbocycles. The number of benzene rings is 1. The summed E-state index contributed by atoms with van der Waals surface area (Å²) in [7, 11) is 0. The number of rotatable bonds is 7. The molecule has 1 aromatic carbocycles. The van der Waals surface area contributed by atoms with Crippen LogP contribution in [-0.2, 0) is 22.4 Å². The number of ether oxygens (including phenoxy) is 1. The van der Waals surface area contributed by atoms with Crippen molar-refractivity contribution in [1.82, 2.24) is 0 Å². The predicted molar refractivity (Wildman–Crippen MR) is 86.5 cm³/mol. The van der Waals surface area contributed by atoms with Crippen LogP contribution in [-0.4, -0.2) is 12.6 Å². The SMILES string of the molecule is CCCOC(=O)C(C)(CC)CC(C)c1ccc2c(c1)CC2. The van der Waals surface area contributed by atoms with Crippen molar-refractivity contribution in [3.05, 3.63) is 34.9 Å². The summed E-state index contributed by atoms with van der Waals surface area (Å²) in [5, 5.41) is 0. The molecule has 2 nitrogen and oxygen atoms in total. The minimum Gasteiger partial charge on any atom is -0.465 e. The van der Waals surface area contributed by atoms with E-state index < -0.39 is 0 Å². The van der Waals surface area contributed by atoms with Gasteiger partial charge in [0.05, 0.1) is 12.0 Å². The van der Waals surface area contributed by atoms with Crippen LogP contribution in [0.15, 0.2) is 18.2 Å². The van der Waals surface area contributed by atoms with E-state index in [1.54, 1.807) is 0 Å². The minimum atomic E-state index is -0.377. The van der Waals surface area contributed by atoms with Crippen LogP contribution in [0.5, 0.6) is 0 Å². The van der Waals surface area contributed by atoms with E-state index in [-0.39, 0.29) is 11.4 Å². The first kappa shape index (κ1) is 16.1. The average Bonchev–Trinajstić information content (AvgIpc) is 2.45. The molecule has 0 fully saturated rings. The minimum absolute atomic E-state index is 0.0392. The molecule has 2 unspecified atom stereocenters.